The van der Waals surface area contributed by atoms with Gasteiger partial charge in [-0.25, -0.2) is 9.78 Å². The largest absolute Gasteiger partial charge is 0.478 e. The molecule has 0 bridgehead atoms. The molecule has 2 aliphatic rings. The monoisotopic (exact) mass is 250 g/mol. The van der Waals surface area contributed by atoms with Gasteiger partial charge in [0.25, 0.3) is 0 Å². The van der Waals surface area contributed by atoms with E-state index in [0.717, 1.165) is 18.8 Å². The average molecular weight is 250 g/mol. The summed E-state index contributed by atoms with van der Waals surface area (Å²) in [7, 11) is 0. The van der Waals surface area contributed by atoms with Crippen molar-refractivity contribution in [1.82, 2.24) is 4.98 Å². The van der Waals surface area contributed by atoms with Crippen molar-refractivity contribution in [2.24, 2.45) is 0 Å². The molecule has 1 aromatic rings. The van der Waals surface area contributed by atoms with Crippen LogP contribution in [0.4, 0.5) is 5.82 Å². The summed E-state index contributed by atoms with van der Waals surface area (Å²) < 4.78 is 11.3. The lowest BCUT2D eigenvalue weighted by atomic mass is 10.2. The highest BCUT2D eigenvalue weighted by Gasteiger charge is 2.43. The van der Waals surface area contributed by atoms with E-state index in [1.165, 1.54) is 6.20 Å². The Kier molecular flexibility index (Phi) is 2.68. The zero-order chi connectivity index (χ0) is 12.6. The summed E-state index contributed by atoms with van der Waals surface area (Å²) in [5, 5.41) is 8.81. The van der Waals surface area contributed by atoms with Crippen molar-refractivity contribution in [2.75, 3.05) is 31.2 Å². The summed E-state index contributed by atoms with van der Waals surface area (Å²) in [4.78, 5) is 17.0. The average Bonchev–Trinajstić information content (AvgIpc) is 3.01. The van der Waals surface area contributed by atoms with Gasteiger partial charge in [-0.1, -0.05) is 0 Å². The lowest BCUT2D eigenvalue weighted by Gasteiger charge is -2.22. The second-order valence-corrected chi connectivity index (χ2v) is 4.49. The third kappa shape index (κ3) is 1.93. The van der Waals surface area contributed by atoms with Crippen molar-refractivity contribution in [3.05, 3.63) is 23.9 Å². The number of nitrogens with zero attached hydrogens (tertiary/aromatic N) is 2. The van der Waals surface area contributed by atoms with E-state index in [-0.39, 0.29) is 5.56 Å². The van der Waals surface area contributed by atoms with Crippen LogP contribution in [0.3, 0.4) is 0 Å². The molecule has 6 nitrogen and oxygen atoms in total. The molecular formula is C12H14N2O4. The first-order valence-electron chi connectivity index (χ1n) is 5.91. The van der Waals surface area contributed by atoms with Crippen molar-refractivity contribution in [3.63, 3.8) is 0 Å². The number of carboxylic acids is 1. The van der Waals surface area contributed by atoms with Gasteiger partial charge >= 0.3 is 5.97 Å². The fourth-order valence-electron chi connectivity index (χ4n) is 2.38. The second-order valence-electron chi connectivity index (χ2n) is 4.49. The second kappa shape index (κ2) is 4.22. The Bertz CT molecular complexity index is 454. The van der Waals surface area contributed by atoms with Gasteiger partial charge in [0.05, 0.1) is 25.3 Å². The van der Waals surface area contributed by atoms with Gasteiger partial charge < -0.3 is 19.5 Å². The van der Waals surface area contributed by atoms with E-state index in [0.29, 0.717) is 19.8 Å². The summed E-state index contributed by atoms with van der Waals surface area (Å²) in [6.45, 7) is 2.73. The van der Waals surface area contributed by atoms with Gasteiger partial charge in [0.2, 0.25) is 0 Å². The van der Waals surface area contributed by atoms with Crippen LogP contribution < -0.4 is 4.90 Å². The molecule has 3 rings (SSSR count). The molecule has 1 spiro atoms. The number of hydrogen-bond acceptors (Lipinski definition) is 5. The number of rotatable bonds is 2. The number of aromatic carboxylic acids is 1. The maximum atomic E-state index is 10.7. The van der Waals surface area contributed by atoms with Gasteiger partial charge in [-0.3, -0.25) is 0 Å². The molecule has 2 aliphatic heterocycles. The Balaban J connectivity index is 1.74. The van der Waals surface area contributed by atoms with E-state index >= 15 is 0 Å². The van der Waals surface area contributed by atoms with Crippen molar-refractivity contribution in [1.29, 1.82) is 0 Å². The highest BCUT2D eigenvalue weighted by Crippen LogP contribution is 2.32. The van der Waals surface area contributed by atoms with Crippen LogP contribution in [0.5, 0.6) is 0 Å². The topological polar surface area (TPSA) is 71.9 Å². The molecule has 0 unspecified atom stereocenters. The highest BCUT2D eigenvalue weighted by atomic mass is 16.7. The summed E-state index contributed by atoms with van der Waals surface area (Å²) in [6.07, 6.45) is 2.19. The van der Waals surface area contributed by atoms with Gasteiger partial charge in [0.1, 0.15) is 5.82 Å². The number of ether oxygens (including phenoxy) is 2. The van der Waals surface area contributed by atoms with Crippen molar-refractivity contribution in [3.8, 4) is 0 Å². The molecule has 1 aromatic heterocycles. The van der Waals surface area contributed by atoms with E-state index in [2.05, 4.69) is 9.88 Å². The minimum Gasteiger partial charge on any atom is -0.478 e. The Morgan fingerprint density at radius 1 is 1.39 bits per heavy atom. The van der Waals surface area contributed by atoms with Crippen molar-refractivity contribution < 1.29 is 19.4 Å². The molecule has 3 heterocycles. The van der Waals surface area contributed by atoms with E-state index < -0.39 is 11.8 Å². The van der Waals surface area contributed by atoms with E-state index in [4.69, 9.17) is 14.6 Å². The Labute approximate surface area is 104 Å². The molecule has 0 amide bonds. The lowest BCUT2D eigenvalue weighted by molar-refractivity contribution is -0.137. The van der Waals surface area contributed by atoms with Crippen molar-refractivity contribution in [2.45, 2.75) is 12.2 Å². The fraction of sp³-hybridized carbons (Fsp3) is 0.500. The van der Waals surface area contributed by atoms with Gasteiger partial charge in [-0.2, -0.15) is 0 Å². The maximum absolute atomic E-state index is 10.7. The molecule has 0 saturated carbocycles. The normalized spacial score (nSPS) is 21.7. The molecule has 0 aliphatic carbocycles. The van der Waals surface area contributed by atoms with Crippen LogP contribution in [0.2, 0.25) is 0 Å². The van der Waals surface area contributed by atoms with E-state index in [1.807, 2.05) is 0 Å². The molecule has 96 valence electrons. The molecule has 0 radical (unpaired) electrons. The Hall–Kier alpha value is -1.66. The molecule has 6 heteroatoms. The standard InChI is InChI=1S/C12H14N2O4/c15-11(16)9-1-2-10(13-7-9)14-4-3-12(8-14)17-5-6-18-12/h1-2,7H,3-6,8H2,(H,15,16). The molecule has 2 saturated heterocycles. The predicted molar refractivity (Wildman–Crippen MR) is 62.7 cm³/mol. The summed E-state index contributed by atoms with van der Waals surface area (Å²) in [5.41, 5.74) is 0.195. The number of carbonyl (C=O) groups is 1. The predicted octanol–water partition coefficient (Wildman–Crippen LogP) is 0.733. The van der Waals surface area contributed by atoms with Crippen molar-refractivity contribution >= 4 is 11.8 Å². The number of aromatic nitrogens is 1. The van der Waals surface area contributed by atoms with E-state index in [1.54, 1.807) is 12.1 Å². The molecule has 18 heavy (non-hydrogen) atoms. The van der Waals surface area contributed by atoms with Gasteiger partial charge in [-0.05, 0) is 12.1 Å². The number of pyridine rings is 1. The van der Waals surface area contributed by atoms with Crippen LogP contribution in [0, 0.1) is 0 Å². The van der Waals surface area contributed by atoms with Crippen LogP contribution in [-0.4, -0.2) is 48.2 Å². The van der Waals surface area contributed by atoms with Crippen LogP contribution in [-0.2, 0) is 9.47 Å². The van der Waals surface area contributed by atoms with Crippen LogP contribution in [0.15, 0.2) is 18.3 Å². The van der Waals surface area contributed by atoms with Gasteiger partial charge in [0, 0.05) is 19.2 Å². The SMILES string of the molecule is O=C(O)c1ccc(N2CCC3(C2)OCCO3)nc1. The molecule has 1 N–H and O–H groups in total. The van der Waals surface area contributed by atoms with E-state index in [9.17, 15) is 4.79 Å². The zero-order valence-electron chi connectivity index (χ0n) is 9.83. The Morgan fingerprint density at radius 2 is 2.17 bits per heavy atom. The molecule has 0 atom stereocenters. The van der Waals surface area contributed by atoms with Crippen LogP contribution >= 0.6 is 0 Å². The molecule has 2 fully saturated rings. The smallest absolute Gasteiger partial charge is 0.337 e. The highest BCUT2D eigenvalue weighted by molar-refractivity contribution is 5.87. The molecule has 0 aromatic carbocycles. The number of anilines is 1. The lowest BCUT2D eigenvalue weighted by Crippen LogP contribution is -2.34. The Morgan fingerprint density at radius 3 is 2.78 bits per heavy atom. The van der Waals surface area contributed by atoms with Crippen LogP contribution in [0.1, 0.15) is 16.8 Å². The first-order valence-corrected chi connectivity index (χ1v) is 5.91. The first kappa shape index (κ1) is 11.4. The number of hydrogen-bond donors (Lipinski definition) is 1. The molecular weight excluding hydrogens is 236 g/mol. The minimum atomic E-state index is -0.964. The number of carboxylic acid groups (broad SMARTS) is 1. The fourth-order valence-corrected chi connectivity index (χ4v) is 2.38. The van der Waals surface area contributed by atoms with Gasteiger partial charge in [-0.15, -0.1) is 0 Å². The first-order chi connectivity index (χ1) is 8.69. The third-order valence-corrected chi connectivity index (χ3v) is 3.33. The van der Waals surface area contributed by atoms with Crippen LogP contribution in [0.25, 0.3) is 0 Å². The maximum Gasteiger partial charge on any atom is 0.337 e. The summed E-state index contributed by atoms with van der Waals surface area (Å²) >= 11 is 0. The van der Waals surface area contributed by atoms with Gasteiger partial charge in [0.15, 0.2) is 5.79 Å². The third-order valence-electron chi connectivity index (χ3n) is 3.33. The quantitative estimate of drug-likeness (QED) is 0.834. The summed E-state index contributed by atoms with van der Waals surface area (Å²) in [6, 6.07) is 3.28. The minimum absolute atomic E-state index is 0.195. The summed E-state index contributed by atoms with van der Waals surface area (Å²) in [5.74, 6) is -0.682. The zero-order valence-corrected chi connectivity index (χ0v) is 9.83.